The van der Waals surface area contributed by atoms with Gasteiger partial charge in [0, 0.05) is 47.1 Å². The van der Waals surface area contributed by atoms with Gasteiger partial charge in [0.1, 0.15) is 0 Å². The number of halogens is 3. The second-order valence-corrected chi connectivity index (χ2v) is 9.29. The molecule has 3 saturated heterocycles. The second-order valence-electron chi connectivity index (χ2n) is 7.92. The molecular weight excluding hydrogens is 425 g/mol. The molecule has 3 aliphatic heterocycles. The molecular formula is C19H25F3N2O5S. The smallest absolute Gasteiger partial charge is 0.475 e. The van der Waals surface area contributed by atoms with Crippen LogP contribution in [0.2, 0.25) is 0 Å². The SMILES string of the molecule is Cc1ccc(CN2C[C@@H]3COC[C@]3(CC(=O)N3CCCO3)C2)s1.O=C(O)C(F)(F)F. The van der Waals surface area contributed by atoms with Gasteiger partial charge in [-0.15, -0.1) is 11.3 Å². The van der Waals surface area contributed by atoms with E-state index in [0.717, 1.165) is 39.2 Å². The molecule has 0 saturated carbocycles. The number of nitrogens with zero attached hydrogens (tertiary/aromatic N) is 2. The first-order chi connectivity index (χ1) is 14.1. The first-order valence-corrected chi connectivity index (χ1v) is 10.5. The van der Waals surface area contributed by atoms with Crippen LogP contribution >= 0.6 is 11.3 Å². The summed E-state index contributed by atoms with van der Waals surface area (Å²) < 4.78 is 37.5. The molecule has 1 aromatic heterocycles. The van der Waals surface area contributed by atoms with E-state index in [2.05, 4.69) is 24.0 Å². The highest BCUT2D eigenvalue weighted by atomic mass is 32.1. The molecule has 0 spiro atoms. The summed E-state index contributed by atoms with van der Waals surface area (Å²) in [6.07, 6.45) is -3.58. The molecule has 1 N–H and O–H groups in total. The lowest BCUT2D eigenvalue weighted by atomic mass is 9.78. The van der Waals surface area contributed by atoms with E-state index in [9.17, 15) is 18.0 Å². The molecule has 3 fully saturated rings. The van der Waals surface area contributed by atoms with Gasteiger partial charge >= 0.3 is 12.1 Å². The predicted octanol–water partition coefficient (Wildman–Crippen LogP) is 2.69. The van der Waals surface area contributed by atoms with E-state index in [-0.39, 0.29) is 11.3 Å². The summed E-state index contributed by atoms with van der Waals surface area (Å²) in [7, 11) is 0. The molecule has 30 heavy (non-hydrogen) atoms. The standard InChI is InChI=1S/C17H24N2O3S.C2HF3O2/c1-13-3-4-15(23-13)9-18-8-14-10-21-12-17(14,11-18)7-16(20)19-5-2-6-22-19;3-2(4,5)1(6)7/h3-4,14H,2,5-12H2,1H3;(H,6,7)/t14-,17+;/m1./s1. The van der Waals surface area contributed by atoms with E-state index in [0.29, 0.717) is 25.6 Å². The average molecular weight is 450 g/mol. The minimum absolute atomic E-state index is 0.0185. The van der Waals surface area contributed by atoms with E-state index >= 15 is 0 Å². The van der Waals surface area contributed by atoms with Crippen LogP contribution in [0.3, 0.4) is 0 Å². The largest absolute Gasteiger partial charge is 0.490 e. The molecule has 0 radical (unpaired) electrons. The first kappa shape index (κ1) is 23.0. The number of alkyl halides is 3. The predicted molar refractivity (Wildman–Crippen MR) is 102 cm³/mol. The number of likely N-dealkylation sites (tertiary alicyclic amines) is 1. The Balaban J connectivity index is 0.000000318. The number of aliphatic carboxylic acids is 1. The highest BCUT2D eigenvalue weighted by Crippen LogP contribution is 2.45. The number of carboxylic acid groups (broad SMARTS) is 1. The highest BCUT2D eigenvalue weighted by Gasteiger charge is 2.52. The van der Waals surface area contributed by atoms with Crippen molar-refractivity contribution >= 4 is 23.2 Å². The number of rotatable bonds is 4. The van der Waals surface area contributed by atoms with Gasteiger partial charge in [0.25, 0.3) is 0 Å². The minimum Gasteiger partial charge on any atom is -0.475 e. The van der Waals surface area contributed by atoms with Crippen molar-refractivity contribution in [2.45, 2.75) is 32.5 Å². The van der Waals surface area contributed by atoms with Gasteiger partial charge in [-0.2, -0.15) is 13.2 Å². The van der Waals surface area contributed by atoms with Crippen molar-refractivity contribution in [3.05, 3.63) is 21.9 Å². The monoisotopic (exact) mass is 450 g/mol. The summed E-state index contributed by atoms with van der Waals surface area (Å²) in [4.78, 5) is 32.1. The van der Waals surface area contributed by atoms with Crippen molar-refractivity contribution in [3.8, 4) is 0 Å². The van der Waals surface area contributed by atoms with Crippen LogP contribution in [0.1, 0.15) is 22.6 Å². The van der Waals surface area contributed by atoms with Gasteiger partial charge in [0.15, 0.2) is 0 Å². The highest BCUT2D eigenvalue weighted by molar-refractivity contribution is 7.11. The normalized spacial score (nSPS) is 26.4. The molecule has 0 unspecified atom stereocenters. The molecule has 0 aromatic carbocycles. The molecule has 0 aliphatic carbocycles. The molecule has 7 nitrogen and oxygen atoms in total. The Hall–Kier alpha value is -1.69. The number of hydrogen-bond acceptors (Lipinski definition) is 6. The van der Waals surface area contributed by atoms with Crippen LogP contribution in [0.25, 0.3) is 0 Å². The van der Waals surface area contributed by atoms with Crippen LogP contribution < -0.4 is 0 Å². The summed E-state index contributed by atoms with van der Waals surface area (Å²) >= 11 is 1.87. The number of hydrogen-bond donors (Lipinski definition) is 1. The number of fused-ring (bicyclic) bond motifs is 1. The van der Waals surface area contributed by atoms with Crippen LogP contribution in [0.15, 0.2) is 12.1 Å². The number of carbonyl (C=O) groups excluding carboxylic acids is 1. The Morgan fingerprint density at radius 1 is 1.37 bits per heavy atom. The summed E-state index contributed by atoms with van der Waals surface area (Å²) in [6, 6.07) is 4.41. The van der Waals surface area contributed by atoms with Gasteiger partial charge in [0.2, 0.25) is 5.91 Å². The van der Waals surface area contributed by atoms with Crippen molar-refractivity contribution in [2.75, 3.05) is 39.5 Å². The summed E-state index contributed by atoms with van der Waals surface area (Å²) in [5.41, 5.74) is -0.0185. The van der Waals surface area contributed by atoms with Crippen LogP contribution in [0.4, 0.5) is 13.2 Å². The molecule has 168 valence electrons. The number of ether oxygens (including phenoxy) is 1. The molecule has 4 heterocycles. The molecule has 11 heteroatoms. The third-order valence-corrected chi connectivity index (χ3v) is 6.53. The van der Waals surface area contributed by atoms with Gasteiger partial charge in [-0.1, -0.05) is 0 Å². The zero-order valence-corrected chi connectivity index (χ0v) is 17.4. The topological polar surface area (TPSA) is 79.3 Å². The van der Waals surface area contributed by atoms with E-state index < -0.39 is 12.1 Å². The maximum atomic E-state index is 12.5. The fourth-order valence-corrected chi connectivity index (χ4v) is 5.07. The maximum Gasteiger partial charge on any atom is 0.490 e. The Kier molecular flexibility index (Phi) is 7.05. The van der Waals surface area contributed by atoms with E-state index in [1.54, 1.807) is 5.06 Å². The number of carboxylic acids is 1. The number of carbonyl (C=O) groups is 2. The van der Waals surface area contributed by atoms with Crippen LogP contribution in [0, 0.1) is 18.3 Å². The maximum absolute atomic E-state index is 12.5. The van der Waals surface area contributed by atoms with Gasteiger partial charge in [-0.25, -0.2) is 9.86 Å². The van der Waals surface area contributed by atoms with Crippen molar-refractivity contribution in [1.82, 2.24) is 9.96 Å². The van der Waals surface area contributed by atoms with Crippen LogP contribution in [-0.4, -0.2) is 72.6 Å². The lowest BCUT2D eigenvalue weighted by Gasteiger charge is -2.28. The summed E-state index contributed by atoms with van der Waals surface area (Å²) in [5.74, 6) is -2.16. The van der Waals surface area contributed by atoms with Gasteiger partial charge in [-0.3, -0.25) is 14.5 Å². The van der Waals surface area contributed by atoms with Crippen molar-refractivity contribution < 1.29 is 37.4 Å². The fraction of sp³-hybridized carbons (Fsp3) is 0.684. The zero-order chi connectivity index (χ0) is 21.9. The van der Waals surface area contributed by atoms with Gasteiger partial charge in [0.05, 0.1) is 26.4 Å². The Morgan fingerprint density at radius 3 is 2.67 bits per heavy atom. The number of thiophene rings is 1. The molecule has 0 bridgehead atoms. The lowest BCUT2D eigenvalue weighted by molar-refractivity contribution is -0.192. The number of aryl methyl sites for hydroxylation is 1. The van der Waals surface area contributed by atoms with Crippen molar-refractivity contribution in [1.29, 1.82) is 0 Å². The average Bonchev–Trinajstić information content (AvgIpc) is 3.40. The van der Waals surface area contributed by atoms with Gasteiger partial charge < -0.3 is 9.84 Å². The van der Waals surface area contributed by atoms with E-state index in [1.807, 2.05) is 11.3 Å². The number of hydroxylamine groups is 2. The molecule has 1 aromatic rings. The van der Waals surface area contributed by atoms with Crippen LogP contribution in [-0.2, 0) is 25.7 Å². The quantitative estimate of drug-likeness (QED) is 0.760. The molecule has 4 rings (SSSR count). The van der Waals surface area contributed by atoms with E-state index in [1.165, 1.54) is 9.75 Å². The van der Waals surface area contributed by atoms with Crippen LogP contribution in [0.5, 0.6) is 0 Å². The summed E-state index contributed by atoms with van der Waals surface area (Å²) in [6.45, 7) is 8.02. The molecule has 1 amide bonds. The molecule has 3 aliphatic rings. The zero-order valence-electron chi connectivity index (χ0n) is 16.6. The van der Waals surface area contributed by atoms with E-state index in [4.69, 9.17) is 19.5 Å². The van der Waals surface area contributed by atoms with Crippen molar-refractivity contribution in [3.63, 3.8) is 0 Å². The molecule has 2 atom stereocenters. The first-order valence-electron chi connectivity index (χ1n) is 9.68. The lowest BCUT2D eigenvalue weighted by Crippen LogP contribution is -2.38. The third-order valence-electron chi connectivity index (χ3n) is 5.54. The Morgan fingerprint density at radius 2 is 2.10 bits per heavy atom. The number of amides is 1. The fourth-order valence-electron chi connectivity index (χ4n) is 4.14. The van der Waals surface area contributed by atoms with Crippen molar-refractivity contribution in [2.24, 2.45) is 11.3 Å². The summed E-state index contributed by atoms with van der Waals surface area (Å²) in [5, 5.41) is 8.69. The minimum atomic E-state index is -5.08. The second kappa shape index (κ2) is 9.21. The van der Waals surface area contributed by atoms with Gasteiger partial charge in [-0.05, 0) is 25.5 Å². The third kappa shape index (κ3) is 5.51. The Bertz CT molecular complexity index is 766. The Labute approximate surface area is 176 Å².